The van der Waals surface area contributed by atoms with Crippen molar-refractivity contribution in [2.75, 3.05) is 18.0 Å². The fraction of sp³-hybridized carbons (Fsp3) is 0.233. The maximum Gasteiger partial charge on any atom is 0.347 e. The molecule has 0 radical (unpaired) electrons. The number of carbonyl (C=O) groups is 1. The number of fused-ring (bicyclic) bond motifs is 4. The van der Waals surface area contributed by atoms with Gasteiger partial charge in [-0.05, 0) is 54.7 Å². The first-order valence-electron chi connectivity index (χ1n) is 12.4. The highest BCUT2D eigenvalue weighted by molar-refractivity contribution is 7.21. The number of thiazole rings is 1. The summed E-state index contributed by atoms with van der Waals surface area (Å²) >= 11 is 1.40. The van der Waals surface area contributed by atoms with E-state index >= 15 is 0 Å². The molecule has 1 aliphatic rings. The number of hydrogen-bond acceptors (Lipinski definition) is 6. The summed E-state index contributed by atoms with van der Waals surface area (Å²) in [5.41, 5.74) is 4.05. The molecule has 0 unspecified atom stereocenters. The number of para-hydroxylation sites is 1. The first-order chi connectivity index (χ1) is 17.8. The van der Waals surface area contributed by atoms with E-state index in [1.54, 1.807) is 24.3 Å². The molecule has 0 saturated heterocycles. The summed E-state index contributed by atoms with van der Waals surface area (Å²) in [4.78, 5) is 33.2. The monoisotopic (exact) mass is 510 g/mol. The minimum atomic E-state index is -1.05. The van der Waals surface area contributed by atoms with Gasteiger partial charge >= 0.3 is 11.6 Å². The number of aromatic nitrogens is 1. The molecule has 37 heavy (non-hydrogen) atoms. The van der Waals surface area contributed by atoms with Crippen LogP contribution in [-0.4, -0.2) is 29.1 Å². The lowest BCUT2D eigenvalue weighted by Crippen LogP contribution is -2.37. The van der Waals surface area contributed by atoms with Gasteiger partial charge in [0, 0.05) is 35.3 Å². The lowest BCUT2D eigenvalue weighted by atomic mass is 9.76. The zero-order chi connectivity index (χ0) is 25.9. The number of benzene rings is 3. The van der Waals surface area contributed by atoms with Crippen molar-refractivity contribution in [2.45, 2.75) is 32.6 Å². The van der Waals surface area contributed by atoms with E-state index in [0.29, 0.717) is 32.7 Å². The van der Waals surface area contributed by atoms with E-state index in [2.05, 4.69) is 31.7 Å². The molecule has 0 atom stereocenters. The van der Waals surface area contributed by atoms with Gasteiger partial charge in [-0.2, -0.15) is 0 Å². The second kappa shape index (κ2) is 8.56. The fourth-order valence-electron chi connectivity index (χ4n) is 5.50. The predicted octanol–water partition coefficient (Wildman–Crippen LogP) is 6.94. The standard InChI is InChI=1S/C30H26N2O4S/c1-4-32-16-15-30(2,3)25-21(32)14-13-19-23(17-9-5-6-10-18(17)28(33)34)24(29(35)36-26(19)25)27-31-20-11-7-8-12-22(20)37-27/h5-14H,4,15-16H2,1-3H3,(H,33,34). The van der Waals surface area contributed by atoms with E-state index in [4.69, 9.17) is 9.40 Å². The number of aromatic carboxylic acids is 1. The van der Waals surface area contributed by atoms with Crippen LogP contribution in [-0.2, 0) is 5.41 Å². The first kappa shape index (κ1) is 23.4. The molecular weight excluding hydrogens is 484 g/mol. The number of carboxylic acid groups (broad SMARTS) is 1. The summed E-state index contributed by atoms with van der Waals surface area (Å²) in [5, 5.41) is 11.3. The van der Waals surface area contributed by atoms with Gasteiger partial charge in [-0.1, -0.05) is 44.2 Å². The summed E-state index contributed by atoms with van der Waals surface area (Å²) in [5.74, 6) is -1.05. The highest BCUT2D eigenvalue weighted by Crippen LogP contribution is 2.47. The van der Waals surface area contributed by atoms with Crippen molar-refractivity contribution < 1.29 is 14.3 Å². The van der Waals surface area contributed by atoms with Crippen molar-refractivity contribution in [1.29, 1.82) is 0 Å². The lowest BCUT2D eigenvalue weighted by Gasteiger charge is -2.40. The molecule has 5 aromatic rings. The fourth-order valence-corrected chi connectivity index (χ4v) is 6.51. The Balaban J connectivity index is 1.79. The second-order valence-corrected chi connectivity index (χ2v) is 11.1. The molecule has 1 N–H and O–H groups in total. The number of anilines is 1. The quantitative estimate of drug-likeness (QED) is 0.264. The molecule has 6 nitrogen and oxygen atoms in total. The van der Waals surface area contributed by atoms with E-state index in [0.717, 1.165) is 41.0 Å². The van der Waals surface area contributed by atoms with Crippen molar-refractivity contribution in [1.82, 2.24) is 4.98 Å². The molecule has 3 aromatic carbocycles. The number of nitrogens with zero attached hydrogens (tertiary/aromatic N) is 2. The SMILES string of the molecule is CCN1CCC(C)(C)c2c1ccc1c(-c3ccccc3C(=O)O)c(-c3nc4ccccc4s3)c(=O)oc21. The van der Waals surface area contributed by atoms with Gasteiger partial charge in [-0.15, -0.1) is 11.3 Å². The van der Waals surface area contributed by atoms with Crippen LogP contribution >= 0.6 is 11.3 Å². The van der Waals surface area contributed by atoms with Crippen LogP contribution in [0.5, 0.6) is 0 Å². The summed E-state index contributed by atoms with van der Waals surface area (Å²) in [7, 11) is 0. The molecule has 0 saturated carbocycles. The highest BCUT2D eigenvalue weighted by Gasteiger charge is 2.35. The molecule has 0 fully saturated rings. The van der Waals surface area contributed by atoms with E-state index in [-0.39, 0.29) is 11.0 Å². The molecule has 3 heterocycles. The third kappa shape index (κ3) is 3.64. The van der Waals surface area contributed by atoms with Crippen molar-refractivity contribution >= 4 is 44.2 Å². The Morgan fingerprint density at radius 3 is 2.59 bits per heavy atom. The van der Waals surface area contributed by atoms with Gasteiger partial charge in [-0.25, -0.2) is 14.6 Å². The van der Waals surface area contributed by atoms with Crippen LogP contribution in [0.25, 0.3) is 42.9 Å². The van der Waals surface area contributed by atoms with E-state index in [9.17, 15) is 14.7 Å². The maximum atomic E-state index is 13.9. The van der Waals surface area contributed by atoms with Crippen molar-refractivity contribution in [3.63, 3.8) is 0 Å². The number of rotatable bonds is 4. The Hall–Kier alpha value is -3.97. The summed E-state index contributed by atoms with van der Waals surface area (Å²) in [6.45, 7) is 8.23. The van der Waals surface area contributed by atoms with E-state index < -0.39 is 11.6 Å². The van der Waals surface area contributed by atoms with Crippen molar-refractivity contribution in [2.24, 2.45) is 0 Å². The van der Waals surface area contributed by atoms with Crippen LogP contribution in [0, 0.1) is 0 Å². The van der Waals surface area contributed by atoms with Gasteiger partial charge in [0.1, 0.15) is 16.2 Å². The Kier molecular flexibility index (Phi) is 5.42. The van der Waals surface area contributed by atoms with Crippen LogP contribution in [0.2, 0.25) is 0 Å². The van der Waals surface area contributed by atoms with Gasteiger partial charge in [0.25, 0.3) is 0 Å². The summed E-state index contributed by atoms with van der Waals surface area (Å²) < 4.78 is 7.11. The zero-order valence-corrected chi connectivity index (χ0v) is 21.7. The minimum Gasteiger partial charge on any atom is -0.478 e. The van der Waals surface area contributed by atoms with Gasteiger partial charge in [-0.3, -0.25) is 0 Å². The topological polar surface area (TPSA) is 83.6 Å². The Morgan fingerprint density at radius 1 is 1.08 bits per heavy atom. The molecule has 0 spiro atoms. The first-order valence-corrected chi connectivity index (χ1v) is 13.2. The van der Waals surface area contributed by atoms with Gasteiger partial charge < -0.3 is 14.4 Å². The second-order valence-electron chi connectivity index (χ2n) is 10.0. The smallest absolute Gasteiger partial charge is 0.347 e. The Morgan fingerprint density at radius 2 is 1.84 bits per heavy atom. The van der Waals surface area contributed by atoms with Crippen LogP contribution in [0.15, 0.2) is 69.9 Å². The normalized spacial score (nSPS) is 14.7. The molecule has 7 heteroatoms. The average molecular weight is 511 g/mol. The Bertz CT molecular complexity index is 1730. The maximum absolute atomic E-state index is 13.9. The van der Waals surface area contributed by atoms with E-state index in [1.807, 2.05) is 30.3 Å². The largest absolute Gasteiger partial charge is 0.478 e. The minimum absolute atomic E-state index is 0.129. The zero-order valence-electron chi connectivity index (χ0n) is 20.9. The third-order valence-electron chi connectivity index (χ3n) is 7.39. The third-order valence-corrected chi connectivity index (χ3v) is 8.45. The molecule has 1 aliphatic heterocycles. The van der Waals surface area contributed by atoms with Crippen LogP contribution < -0.4 is 10.5 Å². The highest BCUT2D eigenvalue weighted by atomic mass is 32.1. The molecular formula is C30H26N2O4S. The van der Waals surface area contributed by atoms with Gasteiger partial charge in [0.2, 0.25) is 0 Å². The molecule has 0 bridgehead atoms. The summed E-state index contributed by atoms with van der Waals surface area (Å²) in [6.07, 6.45) is 0.914. The molecule has 0 amide bonds. The number of hydrogen-bond donors (Lipinski definition) is 1. The van der Waals surface area contributed by atoms with Crippen molar-refractivity contribution in [3.05, 3.63) is 82.2 Å². The van der Waals surface area contributed by atoms with Crippen LogP contribution in [0.3, 0.4) is 0 Å². The van der Waals surface area contributed by atoms with Crippen molar-refractivity contribution in [3.8, 4) is 21.7 Å². The lowest BCUT2D eigenvalue weighted by molar-refractivity contribution is 0.0697. The molecule has 186 valence electrons. The molecule has 2 aromatic heterocycles. The van der Waals surface area contributed by atoms with Crippen LogP contribution in [0.4, 0.5) is 5.69 Å². The molecule has 0 aliphatic carbocycles. The van der Waals surface area contributed by atoms with Gasteiger partial charge in [0.15, 0.2) is 0 Å². The Labute approximate surface area is 217 Å². The molecule has 6 rings (SSSR count). The van der Waals surface area contributed by atoms with Gasteiger partial charge in [0.05, 0.1) is 15.8 Å². The van der Waals surface area contributed by atoms with E-state index in [1.165, 1.54) is 11.3 Å². The average Bonchev–Trinajstić information content (AvgIpc) is 3.31. The van der Waals surface area contributed by atoms with Crippen LogP contribution in [0.1, 0.15) is 43.1 Å². The summed E-state index contributed by atoms with van der Waals surface area (Å²) in [6, 6.07) is 18.6. The predicted molar refractivity (Wildman–Crippen MR) is 149 cm³/mol. The number of carboxylic acids is 1.